The van der Waals surface area contributed by atoms with Gasteiger partial charge in [-0.05, 0) is 68.5 Å². The largest absolute Gasteiger partial charge is 0.352 e. The maximum absolute atomic E-state index is 13.4. The van der Waals surface area contributed by atoms with Gasteiger partial charge >= 0.3 is 0 Å². The monoisotopic (exact) mass is 567 g/mol. The summed E-state index contributed by atoms with van der Waals surface area (Å²) < 4.78 is 26.4. The van der Waals surface area contributed by atoms with Crippen LogP contribution in [0.1, 0.15) is 56.6 Å². The van der Waals surface area contributed by atoms with Crippen LogP contribution in [0.15, 0.2) is 42.5 Å². The second kappa shape index (κ2) is 13.0. The van der Waals surface area contributed by atoms with Crippen molar-refractivity contribution in [1.82, 2.24) is 10.2 Å². The Morgan fingerprint density at radius 3 is 2.41 bits per heavy atom. The molecule has 202 valence electrons. The van der Waals surface area contributed by atoms with Crippen LogP contribution in [0.2, 0.25) is 10.0 Å². The number of rotatable bonds is 11. The summed E-state index contributed by atoms with van der Waals surface area (Å²) in [6.45, 7) is 3.87. The fourth-order valence-corrected chi connectivity index (χ4v) is 6.03. The van der Waals surface area contributed by atoms with E-state index in [4.69, 9.17) is 23.2 Å². The highest BCUT2D eigenvalue weighted by atomic mass is 35.5. The fourth-order valence-electron chi connectivity index (χ4n) is 4.64. The number of hydrogen-bond acceptors (Lipinski definition) is 4. The molecule has 10 heteroatoms. The van der Waals surface area contributed by atoms with Gasteiger partial charge in [-0.2, -0.15) is 0 Å². The van der Waals surface area contributed by atoms with Crippen molar-refractivity contribution in [3.05, 3.63) is 63.6 Å². The van der Waals surface area contributed by atoms with Crippen LogP contribution in [0.25, 0.3) is 0 Å². The van der Waals surface area contributed by atoms with E-state index in [0.29, 0.717) is 15.7 Å². The van der Waals surface area contributed by atoms with E-state index in [1.165, 1.54) is 4.31 Å². The predicted octanol–water partition coefficient (Wildman–Crippen LogP) is 5.32. The minimum absolute atomic E-state index is 0.0766. The Morgan fingerprint density at radius 1 is 1.08 bits per heavy atom. The van der Waals surface area contributed by atoms with E-state index in [-0.39, 0.29) is 43.8 Å². The van der Waals surface area contributed by atoms with Gasteiger partial charge < -0.3 is 10.2 Å². The van der Waals surface area contributed by atoms with Gasteiger partial charge in [0.1, 0.15) is 6.04 Å². The van der Waals surface area contributed by atoms with E-state index in [2.05, 4.69) is 5.32 Å². The van der Waals surface area contributed by atoms with Crippen LogP contribution in [-0.2, 0) is 26.2 Å². The number of halogens is 2. The summed E-state index contributed by atoms with van der Waals surface area (Å²) in [5.41, 5.74) is 2.07. The highest BCUT2D eigenvalue weighted by Crippen LogP contribution is 2.27. The third kappa shape index (κ3) is 8.35. The summed E-state index contributed by atoms with van der Waals surface area (Å²) in [6, 6.07) is 11.7. The molecule has 3 rings (SSSR count). The van der Waals surface area contributed by atoms with Crippen LogP contribution in [0.3, 0.4) is 0 Å². The van der Waals surface area contributed by atoms with Crippen LogP contribution in [-0.4, -0.2) is 50.0 Å². The number of aryl methyl sites for hydroxylation is 1. The third-order valence-corrected chi connectivity index (χ3v) is 8.35. The molecule has 37 heavy (non-hydrogen) atoms. The minimum atomic E-state index is -3.60. The fraction of sp³-hybridized carbons (Fsp3) is 0.481. The number of hydrogen-bond donors (Lipinski definition) is 1. The number of benzene rings is 2. The van der Waals surface area contributed by atoms with Gasteiger partial charge in [0.15, 0.2) is 0 Å². The number of amides is 2. The van der Waals surface area contributed by atoms with Gasteiger partial charge in [-0.1, -0.05) is 54.2 Å². The van der Waals surface area contributed by atoms with Crippen molar-refractivity contribution in [2.24, 2.45) is 0 Å². The van der Waals surface area contributed by atoms with Crippen molar-refractivity contribution in [2.75, 3.05) is 17.1 Å². The van der Waals surface area contributed by atoms with Crippen molar-refractivity contribution in [1.29, 1.82) is 0 Å². The lowest BCUT2D eigenvalue weighted by Gasteiger charge is -2.30. The first-order valence-electron chi connectivity index (χ1n) is 12.5. The molecule has 7 nitrogen and oxygen atoms in total. The van der Waals surface area contributed by atoms with Crippen LogP contribution >= 0.6 is 23.2 Å². The normalized spacial score (nSPS) is 14.8. The van der Waals surface area contributed by atoms with E-state index in [9.17, 15) is 18.0 Å². The van der Waals surface area contributed by atoms with Crippen molar-refractivity contribution >= 4 is 50.7 Å². The standard InChI is InChI=1S/C27H35Cl2N3O4S/c1-19-13-14-23(29)17-25(19)32(37(3,35)36)15-7-12-26(33)31(18-21-8-6-9-22(28)16-21)20(2)27(34)30-24-10-4-5-11-24/h6,8-9,13-14,16-17,20,24H,4-5,7,10-12,15,18H2,1-3H3,(H,30,34)/t20-/m1/s1. The molecule has 1 atom stereocenters. The molecule has 0 unspecified atom stereocenters. The van der Waals surface area contributed by atoms with Gasteiger partial charge in [0.05, 0.1) is 11.9 Å². The molecule has 1 fully saturated rings. The molecule has 1 N–H and O–H groups in total. The molecule has 0 radical (unpaired) electrons. The van der Waals surface area contributed by atoms with Crippen LogP contribution in [0.5, 0.6) is 0 Å². The van der Waals surface area contributed by atoms with E-state index in [1.807, 2.05) is 13.0 Å². The quantitative estimate of drug-likeness (QED) is 0.398. The van der Waals surface area contributed by atoms with Gasteiger partial charge in [0.2, 0.25) is 21.8 Å². The van der Waals surface area contributed by atoms with Crippen molar-refractivity contribution in [3.63, 3.8) is 0 Å². The molecule has 2 aromatic rings. The van der Waals surface area contributed by atoms with Crippen LogP contribution in [0.4, 0.5) is 5.69 Å². The molecule has 0 saturated heterocycles. The Bertz CT molecular complexity index is 1220. The van der Waals surface area contributed by atoms with Gasteiger partial charge in [0.25, 0.3) is 0 Å². The van der Waals surface area contributed by atoms with Crippen LogP contribution in [0, 0.1) is 6.92 Å². The van der Waals surface area contributed by atoms with Gasteiger partial charge in [0, 0.05) is 35.6 Å². The topological polar surface area (TPSA) is 86.8 Å². The smallest absolute Gasteiger partial charge is 0.242 e. The Labute approximate surface area is 230 Å². The summed E-state index contributed by atoms with van der Waals surface area (Å²) in [5.74, 6) is -0.417. The number of carbonyl (C=O) groups excluding carboxylic acids is 2. The summed E-state index contributed by atoms with van der Waals surface area (Å²) in [7, 11) is -3.60. The Balaban J connectivity index is 1.74. The number of nitrogens with one attached hydrogen (secondary N) is 1. The molecule has 1 aliphatic carbocycles. The first kappa shape index (κ1) is 29.3. The minimum Gasteiger partial charge on any atom is -0.352 e. The zero-order chi connectivity index (χ0) is 27.2. The average molecular weight is 569 g/mol. The Hall–Kier alpha value is -2.29. The van der Waals surface area contributed by atoms with Crippen molar-refractivity contribution < 1.29 is 18.0 Å². The number of nitrogens with zero attached hydrogens (tertiary/aromatic N) is 2. The van der Waals surface area contributed by atoms with Crippen molar-refractivity contribution in [3.8, 4) is 0 Å². The van der Waals surface area contributed by atoms with E-state index in [1.54, 1.807) is 48.2 Å². The highest BCUT2D eigenvalue weighted by Gasteiger charge is 2.29. The molecule has 0 spiro atoms. The lowest BCUT2D eigenvalue weighted by molar-refractivity contribution is -0.141. The summed E-state index contributed by atoms with van der Waals surface area (Å²) in [4.78, 5) is 28.0. The van der Waals surface area contributed by atoms with Crippen molar-refractivity contribution in [2.45, 2.75) is 71.0 Å². The molecule has 0 heterocycles. The molecular formula is C27H35Cl2N3O4S. The maximum atomic E-state index is 13.4. The molecule has 0 aliphatic heterocycles. The lowest BCUT2D eigenvalue weighted by Crippen LogP contribution is -2.49. The zero-order valence-electron chi connectivity index (χ0n) is 21.5. The molecule has 1 aliphatic rings. The average Bonchev–Trinajstić information content (AvgIpc) is 3.34. The second-order valence-corrected chi connectivity index (χ2v) is 12.5. The second-order valence-electron chi connectivity index (χ2n) is 9.69. The van der Waals surface area contributed by atoms with Gasteiger partial charge in [-0.3, -0.25) is 13.9 Å². The SMILES string of the molecule is Cc1ccc(Cl)cc1N(CCCC(=O)N(Cc1cccc(Cl)c1)[C@H](C)C(=O)NC1CCCC1)S(C)(=O)=O. The van der Waals surface area contributed by atoms with E-state index < -0.39 is 16.1 Å². The molecule has 1 saturated carbocycles. The van der Waals surface area contributed by atoms with Gasteiger partial charge in [-0.15, -0.1) is 0 Å². The molecular weight excluding hydrogens is 533 g/mol. The molecule has 0 bridgehead atoms. The van der Waals surface area contributed by atoms with E-state index >= 15 is 0 Å². The number of sulfonamides is 1. The Morgan fingerprint density at radius 2 is 1.76 bits per heavy atom. The predicted molar refractivity (Wildman–Crippen MR) is 149 cm³/mol. The molecule has 2 aromatic carbocycles. The zero-order valence-corrected chi connectivity index (χ0v) is 23.9. The molecule has 0 aromatic heterocycles. The maximum Gasteiger partial charge on any atom is 0.242 e. The van der Waals surface area contributed by atoms with Crippen LogP contribution < -0.4 is 9.62 Å². The third-order valence-electron chi connectivity index (χ3n) is 6.70. The number of anilines is 1. The lowest BCUT2D eigenvalue weighted by atomic mass is 10.1. The first-order valence-corrected chi connectivity index (χ1v) is 15.1. The first-order chi connectivity index (χ1) is 17.5. The highest BCUT2D eigenvalue weighted by molar-refractivity contribution is 7.92. The molecule has 2 amide bonds. The summed E-state index contributed by atoms with van der Waals surface area (Å²) in [5, 5.41) is 4.06. The summed E-state index contributed by atoms with van der Waals surface area (Å²) >= 11 is 12.3. The number of carbonyl (C=O) groups is 2. The van der Waals surface area contributed by atoms with Gasteiger partial charge in [-0.25, -0.2) is 8.42 Å². The summed E-state index contributed by atoms with van der Waals surface area (Å²) in [6.07, 6.45) is 5.57. The van der Waals surface area contributed by atoms with E-state index in [0.717, 1.165) is 43.1 Å². The Kier molecular flexibility index (Phi) is 10.3.